The van der Waals surface area contributed by atoms with Gasteiger partial charge in [0.25, 0.3) is 0 Å². The smallest absolute Gasteiger partial charge is 0.458 e. The van der Waals surface area contributed by atoms with Crippen molar-refractivity contribution in [1.82, 2.24) is 0 Å². The Morgan fingerprint density at radius 1 is 1.27 bits per heavy atom. The summed E-state index contributed by atoms with van der Waals surface area (Å²) in [4.78, 5) is 21.5. The van der Waals surface area contributed by atoms with Crippen LogP contribution in [0, 0.1) is 5.41 Å². The fourth-order valence-electron chi connectivity index (χ4n) is 0.589. The molecule has 0 aromatic rings. The lowest BCUT2D eigenvalue weighted by Crippen LogP contribution is -2.35. The van der Waals surface area contributed by atoms with Crippen LogP contribution in [0.15, 0.2) is 0 Å². The number of alkyl halides is 4. The van der Waals surface area contributed by atoms with Crippen LogP contribution >= 0.6 is 15.9 Å². The molecule has 0 aromatic heterocycles. The first-order valence-corrected chi connectivity index (χ1v) is 5.06. The van der Waals surface area contributed by atoms with Crippen LogP contribution in [0.4, 0.5) is 13.2 Å². The summed E-state index contributed by atoms with van der Waals surface area (Å²) in [5.41, 5.74) is -1.12. The van der Waals surface area contributed by atoms with E-state index in [1.54, 1.807) is 0 Å². The number of carbonyl (C=O) groups is 2. The van der Waals surface area contributed by atoms with E-state index in [1.165, 1.54) is 13.8 Å². The minimum atomic E-state index is -5.02. The number of esters is 1. The maximum absolute atomic E-state index is 11.7. The fourth-order valence-corrected chi connectivity index (χ4v) is 1.35. The largest absolute Gasteiger partial charge is 0.490 e. The van der Waals surface area contributed by atoms with Crippen molar-refractivity contribution >= 4 is 27.7 Å². The molecule has 0 aliphatic rings. The molecule has 0 aliphatic heterocycles. The summed E-state index contributed by atoms with van der Waals surface area (Å²) in [7, 11) is 0. The molecule has 0 radical (unpaired) electrons. The number of carbonyl (C=O) groups excluding carboxylic acids is 2. The molecule has 3 nitrogen and oxygen atoms in total. The van der Waals surface area contributed by atoms with Gasteiger partial charge in [-0.25, -0.2) is 4.79 Å². The molecule has 0 heterocycles. The second-order valence-corrected chi connectivity index (χ2v) is 4.08. The first-order valence-electron chi connectivity index (χ1n) is 3.94. The first-order chi connectivity index (χ1) is 6.61. The fraction of sp³-hybridized carbons (Fsp3) is 0.750. The molecule has 0 aromatic carbocycles. The van der Waals surface area contributed by atoms with Crippen LogP contribution in [-0.2, 0) is 14.3 Å². The lowest BCUT2D eigenvalue weighted by atomic mass is 9.90. The van der Waals surface area contributed by atoms with Gasteiger partial charge in [0.2, 0.25) is 0 Å². The van der Waals surface area contributed by atoms with Crippen LogP contribution in [-0.4, -0.2) is 29.9 Å². The molecular weight excluding hydrogens is 281 g/mol. The summed E-state index contributed by atoms with van der Waals surface area (Å²) in [6.45, 7) is 2.22. The van der Waals surface area contributed by atoms with E-state index in [9.17, 15) is 22.8 Å². The van der Waals surface area contributed by atoms with Crippen molar-refractivity contribution in [3.05, 3.63) is 0 Å². The highest BCUT2D eigenvalue weighted by Crippen LogP contribution is 2.22. The van der Waals surface area contributed by atoms with Crippen LogP contribution < -0.4 is 0 Å². The van der Waals surface area contributed by atoms with Crippen LogP contribution in [0.2, 0.25) is 0 Å². The van der Waals surface area contributed by atoms with Gasteiger partial charge in [-0.2, -0.15) is 13.2 Å². The average molecular weight is 291 g/mol. The summed E-state index contributed by atoms with van der Waals surface area (Å²) in [6.07, 6.45) is -5.02. The zero-order valence-electron chi connectivity index (χ0n) is 8.15. The van der Waals surface area contributed by atoms with Crippen molar-refractivity contribution in [2.24, 2.45) is 5.41 Å². The van der Waals surface area contributed by atoms with Crippen LogP contribution in [0.1, 0.15) is 13.8 Å². The summed E-state index contributed by atoms with van der Waals surface area (Å²) in [6, 6.07) is 0. The zero-order valence-corrected chi connectivity index (χ0v) is 9.74. The van der Waals surface area contributed by atoms with E-state index in [0.29, 0.717) is 0 Å². The third-order valence-corrected chi connectivity index (χ3v) is 2.18. The molecule has 0 fully saturated rings. The third-order valence-electron chi connectivity index (χ3n) is 1.67. The average Bonchev–Trinajstić information content (AvgIpc) is 2.11. The number of hydrogen-bond acceptors (Lipinski definition) is 3. The zero-order chi connectivity index (χ0) is 12.3. The van der Waals surface area contributed by atoms with Gasteiger partial charge in [0.05, 0.1) is 10.7 Å². The van der Waals surface area contributed by atoms with E-state index in [2.05, 4.69) is 20.7 Å². The van der Waals surface area contributed by atoms with Gasteiger partial charge in [0.15, 0.2) is 5.78 Å². The molecule has 0 amide bonds. The number of rotatable bonds is 4. The molecule has 0 spiro atoms. The van der Waals surface area contributed by atoms with Gasteiger partial charge in [-0.15, -0.1) is 0 Å². The normalized spacial score (nSPS) is 12.4. The van der Waals surface area contributed by atoms with E-state index >= 15 is 0 Å². The number of ether oxygens (including phenoxy) is 1. The van der Waals surface area contributed by atoms with Gasteiger partial charge in [-0.05, 0) is 13.8 Å². The summed E-state index contributed by atoms with van der Waals surface area (Å²) >= 11 is 2.88. The van der Waals surface area contributed by atoms with Gasteiger partial charge in [0.1, 0.15) is 6.61 Å². The molecular formula is C8H10BrF3O3. The van der Waals surface area contributed by atoms with Gasteiger partial charge >= 0.3 is 12.1 Å². The van der Waals surface area contributed by atoms with Crippen molar-refractivity contribution in [3.63, 3.8) is 0 Å². The summed E-state index contributed by atoms with van der Waals surface area (Å²) < 4.78 is 39.2. The number of halogens is 4. The maximum Gasteiger partial charge on any atom is 0.490 e. The van der Waals surface area contributed by atoms with Crippen molar-refractivity contribution in [3.8, 4) is 0 Å². The Hall–Kier alpha value is -0.590. The molecule has 0 N–H and O–H groups in total. The van der Waals surface area contributed by atoms with Crippen LogP contribution in [0.5, 0.6) is 0 Å². The Morgan fingerprint density at radius 2 is 1.73 bits per heavy atom. The molecule has 0 aliphatic carbocycles. The van der Waals surface area contributed by atoms with E-state index in [0.717, 1.165) is 0 Å². The molecule has 0 saturated heterocycles. The standard InChI is InChI=1S/C8H10BrF3O3/c1-7(2,5(13)3-9)4-15-6(14)8(10,11)12/h3-4H2,1-2H3. The van der Waals surface area contributed by atoms with Crippen molar-refractivity contribution in [2.75, 3.05) is 11.9 Å². The van der Waals surface area contributed by atoms with E-state index in [4.69, 9.17) is 0 Å². The summed E-state index contributed by atoms with van der Waals surface area (Å²) in [5, 5.41) is 0.00354. The highest BCUT2D eigenvalue weighted by atomic mass is 79.9. The minimum absolute atomic E-state index is 0.00354. The maximum atomic E-state index is 11.7. The summed E-state index contributed by atoms with van der Waals surface area (Å²) in [5.74, 6) is -2.62. The first kappa shape index (κ1) is 14.4. The monoisotopic (exact) mass is 290 g/mol. The minimum Gasteiger partial charge on any atom is -0.458 e. The molecule has 88 valence electrons. The molecule has 0 saturated carbocycles. The molecule has 0 atom stereocenters. The molecule has 0 bridgehead atoms. The second-order valence-electron chi connectivity index (χ2n) is 3.51. The molecule has 7 heteroatoms. The van der Waals surface area contributed by atoms with E-state index in [-0.39, 0.29) is 11.1 Å². The highest BCUT2D eigenvalue weighted by Gasteiger charge is 2.42. The number of Topliss-reactive ketones (excluding diaryl/α,β-unsaturated/α-hetero) is 1. The van der Waals surface area contributed by atoms with Crippen molar-refractivity contribution in [1.29, 1.82) is 0 Å². The Balaban J connectivity index is 4.28. The Bertz CT molecular complexity index is 260. The van der Waals surface area contributed by atoms with Gasteiger partial charge in [-0.1, -0.05) is 15.9 Å². The SMILES string of the molecule is CC(C)(COC(=O)C(F)(F)F)C(=O)CBr. The highest BCUT2D eigenvalue weighted by molar-refractivity contribution is 9.09. The molecule has 0 unspecified atom stereocenters. The number of hydrogen-bond donors (Lipinski definition) is 0. The van der Waals surface area contributed by atoms with Crippen molar-refractivity contribution in [2.45, 2.75) is 20.0 Å². The second kappa shape index (κ2) is 4.96. The van der Waals surface area contributed by atoms with Crippen LogP contribution in [0.3, 0.4) is 0 Å². The van der Waals surface area contributed by atoms with E-state index < -0.39 is 24.2 Å². The van der Waals surface area contributed by atoms with Crippen molar-refractivity contribution < 1.29 is 27.5 Å². The lowest BCUT2D eigenvalue weighted by molar-refractivity contribution is -0.202. The quantitative estimate of drug-likeness (QED) is 0.588. The molecule has 0 rings (SSSR count). The van der Waals surface area contributed by atoms with Gasteiger partial charge in [-0.3, -0.25) is 4.79 Å². The Morgan fingerprint density at radius 3 is 2.07 bits per heavy atom. The topological polar surface area (TPSA) is 43.4 Å². The van der Waals surface area contributed by atoms with Crippen LogP contribution in [0.25, 0.3) is 0 Å². The molecule has 15 heavy (non-hydrogen) atoms. The Kier molecular flexibility index (Phi) is 4.76. The number of ketones is 1. The Labute approximate surface area is 93.1 Å². The predicted octanol–water partition coefficient (Wildman–Crippen LogP) is 2.08. The third kappa shape index (κ3) is 4.63. The predicted molar refractivity (Wildman–Crippen MR) is 49.6 cm³/mol. The van der Waals surface area contributed by atoms with E-state index in [1.807, 2.05) is 0 Å². The van der Waals surface area contributed by atoms with Gasteiger partial charge < -0.3 is 4.74 Å². The lowest BCUT2D eigenvalue weighted by Gasteiger charge is -2.21. The van der Waals surface area contributed by atoms with Gasteiger partial charge in [0, 0.05) is 0 Å².